The number of sulfonamides is 1. The number of benzene rings is 2. The van der Waals surface area contributed by atoms with Gasteiger partial charge in [0.25, 0.3) is 5.91 Å². The molecule has 1 aromatic heterocycles. The highest BCUT2D eigenvalue weighted by Crippen LogP contribution is 2.35. The number of amides is 1. The largest absolute Gasteiger partial charge is 0.492 e. The zero-order valence-corrected chi connectivity index (χ0v) is 24.2. The van der Waals surface area contributed by atoms with Gasteiger partial charge >= 0.3 is 0 Å². The highest BCUT2D eigenvalue weighted by atomic mass is 35.5. The number of anilines is 1. The van der Waals surface area contributed by atoms with E-state index in [-0.39, 0.29) is 23.2 Å². The highest BCUT2D eigenvalue weighted by Gasteiger charge is 2.29. The van der Waals surface area contributed by atoms with Crippen molar-refractivity contribution in [2.75, 3.05) is 51.8 Å². The van der Waals surface area contributed by atoms with Crippen LogP contribution in [0.2, 0.25) is 0 Å². The summed E-state index contributed by atoms with van der Waals surface area (Å²) in [5, 5.41) is 0.586. The summed E-state index contributed by atoms with van der Waals surface area (Å²) in [6.07, 6.45) is 1.91. The normalized spacial score (nSPS) is 16.5. The first-order chi connectivity index (χ1) is 17.2. The molecule has 37 heavy (non-hydrogen) atoms. The summed E-state index contributed by atoms with van der Waals surface area (Å²) in [6, 6.07) is 12.0. The monoisotopic (exact) mass is 566 g/mol. The van der Waals surface area contributed by atoms with Crippen LogP contribution in [0.1, 0.15) is 37.0 Å². The van der Waals surface area contributed by atoms with Gasteiger partial charge in [-0.25, -0.2) is 13.4 Å². The summed E-state index contributed by atoms with van der Waals surface area (Å²) in [4.78, 5) is 22.3. The number of rotatable bonds is 9. The zero-order chi connectivity index (χ0) is 25.9. The molecule has 2 aromatic carbocycles. The molecule has 0 radical (unpaired) electrons. The molecule has 8 nitrogen and oxygen atoms in total. The fourth-order valence-electron chi connectivity index (χ4n) is 4.32. The van der Waals surface area contributed by atoms with Gasteiger partial charge in [-0.05, 0) is 76.2 Å². The Labute approximate surface area is 229 Å². The second-order valence-electron chi connectivity index (χ2n) is 9.43. The van der Waals surface area contributed by atoms with Crippen LogP contribution >= 0.6 is 23.7 Å². The number of thiazole rings is 1. The molecule has 1 atom stereocenters. The Balaban J connectivity index is 0.00000380. The Morgan fingerprint density at radius 3 is 2.54 bits per heavy atom. The Bertz CT molecular complexity index is 1310. The molecule has 0 aliphatic carbocycles. The molecule has 1 fully saturated rings. The maximum Gasteiger partial charge on any atom is 0.260 e. The van der Waals surface area contributed by atoms with Crippen LogP contribution < -0.4 is 9.64 Å². The lowest BCUT2D eigenvalue weighted by Crippen LogP contribution is -2.39. The zero-order valence-electron chi connectivity index (χ0n) is 21.7. The third-order valence-corrected chi connectivity index (χ3v) is 9.20. The van der Waals surface area contributed by atoms with Crippen molar-refractivity contribution in [2.45, 2.75) is 31.6 Å². The van der Waals surface area contributed by atoms with E-state index >= 15 is 0 Å². The number of carbonyl (C=O) groups excluding carboxylic acids is 1. The molecular weight excluding hydrogens is 532 g/mol. The Morgan fingerprint density at radius 1 is 1.16 bits per heavy atom. The first kappa shape index (κ1) is 29.3. The number of aromatic nitrogens is 1. The van der Waals surface area contributed by atoms with Crippen molar-refractivity contribution in [3.8, 4) is 5.75 Å². The van der Waals surface area contributed by atoms with Crippen LogP contribution in [-0.4, -0.2) is 75.4 Å². The summed E-state index contributed by atoms with van der Waals surface area (Å²) in [6.45, 7) is 6.69. The van der Waals surface area contributed by atoms with Crippen LogP contribution in [0.25, 0.3) is 10.2 Å². The van der Waals surface area contributed by atoms with Gasteiger partial charge in [0.2, 0.25) is 10.0 Å². The fourth-order valence-corrected chi connectivity index (χ4v) is 6.93. The number of halogens is 1. The molecule has 202 valence electrons. The maximum absolute atomic E-state index is 13.6. The smallest absolute Gasteiger partial charge is 0.260 e. The molecule has 1 aliphatic heterocycles. The number of carbonyl (C=O) groups is 1. The van der Waals surface area contributed by atoms with E-state index in [0.717, 1.165) is 23.1 Å². The maximum atomic E-state index is 13.6. The van der Waals surface area contributed by atoms with Gasteiger partial charge in [-0.3, -0.25) is 9.69 Å². The summed E-state index contributed by atoms with van der Waals surface area (Å²) >= 11 is 1.44. The minimum atomic E-state index is -3.58. The number of piperidine rings is 1. The Morgan fingerprint density at radius 2 is 1.89 bits per heavy atom. The van der Waals surface area contributed by atoms with Crippen LogP contribution in [0.3, 0.4) is 0 Å². The van der Waals surface area contributed by atoms with Gasteiger partial charge in [0, 0.05) is 31.7 Å². The minimum Gasteiger partial charge on any atom is -0.492 e. The molecule has 1 aliphatic rings. The number of hydrogen-bond acceptors (Lipinski definition) is 7. The first-order valence-corrected chi connectivity index (χ1v) is 14.6. The molecule has 4 rings (SSSR count). The molecule has 0 saturated carbocycles. The van der Waals surface area contributed by atoms with Crippen molar-refractivity contribution in [3.63, 3.8) is 0 Å². The average molecular weight is 567 g/mol. The van der Waals surface area contributed by atoms with E-state index in [9.17, 15) is 13.2 Å². The van der Waals surface area contributed by atoms with Crippen molar-refractivity contribution in [3.05, 3.63) is 48.0 Å². The highest BCUT2D eigenvalue weighted by molar-refractivity contribution is 7.89. The lowest BCUT2D eigenvalue weighted by Gasteiger charge is -2.30. The predicted octanol–water partition coefficient (Wildman–Crippen LogP) is 4.75. The molecule has 0 N–H and O–H groups in total. The quantitative estimate of drug-likeness (QED) is 0.372. The number of nitrogens with zero attached hydrogens (tertiary/aromatic N) is 4. The van der Waals surface area contributed by atoms with E-state index in [1.807, 2.05) is 44.1 Å². The molecule has 11 heteroatoms. The van der Waals surface area contributed by atoms with Gasteiger partial charge < -0.3 is 9.64 Å². The number of para-hydroxylation sites is 1. The number of likely N-dealkylation sites (N-methyl/N-ethyl adjacent to an activating group) is 1. The molecule has 1 amide bonds. The van der Waals surface area contributed by atoms with Crippen molar-refractivity contribution in [1.29, 1.82) is 0 Å². The van der Waals surface area contributed by atoms with Gasteiger partial charge in [0.1, 0.15) is 11.3 Å². The van der Waals surface area contributed by atoms with Crippen molar-refractivity contribution in [2.24, 2.45) is 5.92 Å². The summed E-state index contributed by atoms with van der Waals surface area (Å²) in [5.41, 5.74) is 1.16. The summed E-state index contributed by atoms with van der Waals surface area (Å²) in [5.74, 6) is 0.820. The standard InChI is InChI=1S/C26H34N4O4S2.ClH/c1-5-34-22-9-6-10-23-24(22)27-26(35-23)30(17-16-28(3)4)25(31)20-11-13-21(14-12-20)36(32,33)29-15-7-8-19(2)18-29;/h6,9-14,19H,5,7-8,15-18H2,1-4H3;1H. The van der Waals surface area contributed by atoms with Crippen molar-refractivity contribution < 1.29 is 17.9 Å². The van der Waals surface area contributed by atoms with Crippen molar-refractivity contribution in [1.82, 2.24) is 14.2 Å². The molecule has 3 aromatic rings. The van der Waals surface area contributed by atoms with E-state index < -0.39 is 10.0 Å². The molecule has 0 bridgehead atoms. The van der Waals surface area contributed by atoms with Gasteiger partial charge in [0.05, 0.1) is 16.2 Å². The first-order valence-electron chi connectivity index (χ1n) is 12.3. The van der Waals surface area contributed by atoms with Crippen LogP contribution in [-0.2, 0) is 10.0 Å². The van der Waals surface area contributed by atoms with E-state index in [1.165, 1.54) is 23.5 Å². The van der Waals surface area contributed by atoms with E-state index in [0.29, 0.717) is 55.1 Å². The summed E-state index contributed by atoms with van der Waals surface area (Å²) < 4.78 is 34.5. The molecule has 0 spiro atoms. The van der Waals surface area contributed by atoms with Crippen molar-refractivity contribution >= 4 is 55.0 Å². The van der Waals surface area contributed by atoms with Gasteiger partial charge in [-0.15, -0.1) is 12.4 Å². The Kier molecular flexibility index (Phi) is 9.93. The molecule has 1 unspecified atom stereocenters. The molecule has 2 heterocycles. The summed E-state index contributed by atoms with van der Waals surface area (Å²) in [7, 11) is 0.326. The lowest BCUT2D eigenvalue weighted by molar-refractivity contribution is 0.0985. The van der Waals surface area contributed by atoms with E-state index in [2.05, 4.69) is 6.92 Å². The van der Waals surface area contributed by atoms with Crippen LogP contribution in [0.15, 0.2) is 47.4 Å². The second kappa shape index (κ2) is 12.5. The second-order valence-corrected chi connectivity index (χ2v) is 12.4. The van der Waals surface area contributed by atoms with Crippen LogP contribution in [0.4, 0.5) is 5.13 Å². The van der Waals surface area contributed by atoms with E-state index in [4.69, 9.17) is 9.72 Å². The average Bonchev–Trinajstić information content (AvgIpc) is 3.29. The van der Waals surface area contributed by atoms with E-state index in [1.54, 1.807) is 21.3 Å². The third-order valence-electron chi connectivity index (χ3n) is 6.28. The predicted molar refractivity (Wildman–Crippen MR) is 152 cm³/mol. The van der Waals surface area contributed by atoms with Crippen LogP contribution in [0.5, 0.6) is 5.75 Å². The Hall–Kier alpha value is -2.24. The van der Waals surface area contributed by atoms with Gasteiger partial charge in [-0.1, -0.05) is 24.3 Å². The topological polar surface area (TPSA) is 83.0 Å². The fraction of sp³-hybridized carbons (Fsp3) is 0.462. The number of fused-ring (bicyclic) bond motifs is 1. The van der Waals surface area contributed by atoms with Gasteiger partial charge in [0.15, 0.2) is 5.13 Å². The minimum absolute atomic E-state index is 0. The lowest BCUT2D eigenvalue weighted by atomic mass is 10.0. The SMILES string of the molecule is CCOc1cccc2sc(N(CCN(C)C)C(=O)c3ccc(S(=O)(=O)N4CCCC(C)C4)cc3)nc12.Cl. The third kappa shape index (κ3) is 6.61. The molecule has 1 saturated heterocycles. The number of ether oxygens (including phenoxy) is 1. The van der Waals surface area contributed by atoms with Crippen LogP contribution in [0, 0.1) is 5.92 Å². The van der Waals surface area contributed by atoms with Gasteiger partial charge in [-0.2, -0.15) is 4.31 Å². The number of hydrogen-bond donors (Lipinski definition) is 0. The molecular formula is C26H35ClN4O4S2.